The Kier molecular flexibility index (Phi) is 6.92. The number of thioether (sulfide) groups is 1. The minimum atomic E-state index is -0.320. The van der Waals surface area contributed by atoms with E-state index in [1.54, 1.807) is 34.9 Å². The fourth-order valence-corrected chi connectivity index (χ4v) is 3.96. The van der Waals surface area contributed by atoms with Crippen LogP contribution in [0.4, 0.5) is 4.39 Å². The summed E-state index contributed by atoms with van der Waals surface area (Å²) >= 11 is 7.24. The molecule has 1 heterocycles. The molecule has 0 saturated heterocycles. The summed E-state index contributed by atoms with van der Waals surface area (Å²) in [5.74, 6) is -0.414. The molecule has 0 bridgehead atoms. The van der Waals surface area contributed by atoms with E-state index in [1.807, 2.05) is 13.8 Å². The van der Waals surface area contributed by atoms with Gasteiger partial charge in [-0.1, -0.05) is 42.4 Å². The topological polar surface area (TPSA) is 64.0 Å². The second-order valence-electron chi connectivity index (χ2n) is 6.64. The van der Waals surface area contributed by atoms with Crippen molar-refractivity contribution in [2.24, 2.45) is 0 Å². The Hall–Kier alpha value is -2.38. The number of halogens is 2. The first-order valence-electron chi connectivity index (χ1n) is 9.26. The van der Waals surface area contributed by atoms with Crippen LogP contribution in [0.15, 0.2) is 52.4 Å². The SMILES string of the molecule is CCCn1c(SCC(=O)N[C@H](C)c2ccc(F)cc2)nc2cc(Cl)ccc2c1=O. The van der Waals surface area contributed by atoms with E-state index in [1.165, 1.54) is 23.9 Å². The van der Waals surface area contributed by atoms with Crippen molar-refractivity contribution < 1.29 is 9.18 Å². The fourth-order valence-electron chi connectivity index (χ4n) is 2.95. The average Bonchev–Trinajstić information content (AvgIpc) is 2.69. The zero-order chi connectivity index (χ0) is 21.0. The molecule has 0 aliphatic carbocycles. The van der Waals surface area contributed by atoms with Gasteiger partial charge in [-0.3, -0.25) is 14.2 Å². The summed E-state index contributed by atoms with van der Waals surface area (Å²) in [6, 6.07) is 10.7. The molecule has 1 atom stereocenters. The maximum atomic E-state index is 13.1. The first kappa shape index (κ1) is 21.3. The summed E-state index contributed by atoms with van der Waals surface area (Å²) < 4.78 is 14.7. The first-order chi connectivity index (χ1) is 13.9. The maximum Gasteiger partial charge on any atom is 0.262 e. The van der Waals surface area contributed by atoms with E-state index in [9.17, 15) is 14.0 Å². The van der Waals surface area contributed by atoms with Crippen LogP contribution in [-0.2, 0) is 11.3 Å². The van der Waals surface area contributed by atoms with Crippen molar-refractivity contribution in [3.05, 3.63) is 69.2 Å². The Morgan fingerprint density at radius 3 is 2.69 bits per heavy atom. The van der Waals surface area contributed by atoms with Gasteiger partial charge < -0.3 is 5.32 Å². The van der Waals surface area contributed by atoms with Crippen LogP contribution < -0.4 is 10.9 Å². The number of benzene rings is 2. The highest BCUT2D eigenvalue weighted by Crippen LogP contribution is 2.21. The van der Waals surface area contributed by atoms with Gasteiger partial charge in [0.15, 0.2) is 5.16 Å². The predicted octanol–water partition coefficient (Wildman–Crippen LogP) is 4.57. The third-order valence-corrected chi connectivity index (χ3v) is 5.62. The quantitative estimate of drug-likeness (QED) is 0.438. The Balaban J connectivity index is 1.76. The molecular weight excluding hydrogens is 413 g/mol. The van der Waals surface area contributed by atoms with Gasteiger partial charge in [0.1, 0.15) is 5.82 Å². The highest BCUT2D eigenvalue weighted by atomic mass is 35.5. The minimum absolute atomic E-state index is 0.105. The van der Waals surface area contributed by atoms with Gasteiger partial charge in [-0.15, -0.1) is 0 Å². The number of nitrogens with one attached hydrogen (secondary N) is 1. The summed E-state index contributed by atoms with van der Waals surface area (Å²) in [6.45, 7) is 4.32. The number of carbonyl (C=O) groups is 1. The lowest BCUT2D eigenvalue weighted by Crippen LogP contribution is -2.29. The summed E-state index contributed by atoms with van der Waals surface area (Å²) in [6.07, 6.45) is 0.766. The smallest absolute Gasteiger partial charge is 0.262 e. The molecule has 2 aromatic carbocycles. The van der Waals surface area contributed by atoms with Crippen LogP contribution in [0.2, 0.25) is 5.02 Å². The Bertz CT molecular complexity index is 1090. The molecule has 3 aromatic rings. The molecule has 1 aromatic heterocycles. The van der Waals surface area contributed by atoms with E-state index in [-0.39, 0.29) is 29.1 Å². The van der Waals surface area contributed by atoms with Crippen molar-refractivity contribution in [2.75, 3.05) is 5.75 Å². The summed E-state index contributed by atoms with van der Waals surface area (Å²) in [5.41, 5.74) is 1.18. The van der Waals surface area contributed by atoms with Crippen LogP contribution in [0.25, 0.3) is 10.9 Å². The van der Waals surface area contributed by atoms with Crippen molar-refractivity contribution >= 4 is 40.2 Å². The molecule has 8 heteroatoms. The molecule has 152 valence electrons. The second kappa shape index (κ2) is 9.41. The van der Waals surface area contributed by atoms with Gasteiger partial charge in [-0.25, -0.2) is 9.37 Å². The molecule has 1 amide bonds. The zero-order valence-corrected chi connectivity index (χ0v) is 17.7. The van der Waals surface area contributed by atoms with Gasteiger partial charge in [0, 0.05) is 11.6 Å². The third-order valence-electron chi connectivity index (χ3n) is 4.41. The number of nitrogens with zero attached hydrogens (tertiary/aromatic N) is 2. The lowest BCUT2D eigenvalue weighted by molar-refractivity contribution is -0.119. The molecule has 5 nitrogen and oxygen atoms in total. The van der Waals surface area contributed by atoms with Crippen molar-refractivity contribution in [2.45, 2.75) is 38.0 Å². The first-order valence-corrected chi connectivity index (χ1v) is 10.6. The van der Waals surface area contributed by atoms with Crippen LogP contribution in [0.1, 0.15) is 31.9 Å². The van der Waals surface area contributed by atoms with Crippen LogP contribution in [0.5, 0.6) is 0 Å². The number of hydrogen-bond acceptors (Lipinski definition) is 4. The number of rotatable bonds is 7. The monoisotopic (exact) mass is 433 g/mol. The number of hydrogen-bond donors (Lipinski definition) is 1. The number of carbonyl (C=O) groups excluding carboxylic acids is 1. The molecule has 29 heavy (non-hydrogen) atoms. The second-order valence-corrected chi connectivity index (χ2v) is 8.02. The maximum absolute atomic E-state index is 13.1. The van der Waals surface area contributed by atoms with Gasteiger partial charge in [-0.05, 0) is 49.2 Å². The zero-order valence-electron chi connectivity index (χ0n) is 16.1. The molecule has 0 spiro atoms. The predicted molar refractivity (Wildman–Crippen MR) is 115 cm³/mol. The number of amides is 1. The Labute approximate surface area is 177 Å². The lowest BCUT2D eigenvalue weighted by atomic mass is 10.1. The van der Waals surface area contributed by atoms with Crippen LogP contribution in [0.3, 0.4) is 0 Å². The number of aromatic nitrogens is 2. The van der Waals surface area contributed by atoms with E-state index < -0.39 is 0 Å². The highest BCUT2D eigenvalue weighted by molar-refractivity contribution is 7.99. The van der Waals surface area contributed by atoms with E-state index in [0.29, 0.717) is 27.6 Å². The number of fused-ring (bicyclic) bond motifs is 1. The van der Waals surface area contributed by atoms with Gasteiger partial charge in [0.2, 0.25) is 5.91 Å². The van der Waals surface area contributed by atoms with Gasteiger partial charge in [0.05, 0.1) is 22.7 Å². The largest absolute Gasteiger partial charge is 0.349 e. The van der Waals surface area contributed by atoms with Crippen LogP contribution >= 0.6 is 23.4 Å². The average molecular weight is 434 g/mol. The Morgan fingerprint density at radius 2 is 2.00 bits per heavy atom. The van der Waals surface area contributed by atoms with E-state index in [4.69, 9.17) is 11.6 Å². The van der Waals surface area contributed by atoms with E-state index in [0.717, 1.165) is 12.0 Å². The standard InChI is InChI=1S/C21H21ClFN3O2S/c1-3-10-26-20(28)17-9-6-15(22)11-18(17)25-21(26)29-12-19(27)24-13(2)14-4-7-16(23)8-5-14/h4-9,11,13H,3,10,12H2,1-2H3,(H,24,27)/t13-/m1/s1. The van der Waals surface area contributed by atoms with Gasteiger partial charge in [0.25, 0.3) is 5.56 Å². The van der Waals surface area contributed by atoms with Crippen molar-refractivity contribution in [3.8, 4) is 0 Å². The molecule has 0 aliphatic heterocycles. The molecule has 0 radical (unpaired) electrons. The molecule has 3 rings (SSSR count). The molecule has 0 saturated carbocycles. The third kappa shape index (κ3) is 5.16. The molecular formula is C21H21ClFN3O2S. The van der Waals surface area contributed by atoms with Crippen molar-refractivity contribution in [1.29, 1.82) is 0 Å². The summed E-state index contributed by atoms with van der Waals surface area (Å²) in [7, 11) is 0. The van der Waals surface area contributed by atoms with E-state index in [2.05, 4.69) is 10.3 Å². The molecule has 0 unspecified atom stereocenters. The molecule has 1 N–H and O–H groups in total. The van der Waals surface area contributed by atoms with Crippen molar-refractivity contribution in [1.82, 2.24) is 14.9 Å². The fraction of sp³-hybridized carbons (Fsp3) is 0.286. The highest BCUT2D eigenvalue weighted by Gasteiger charge is 2.15. The minimum Gasteiger partial charge on any atom is -0.349 e. The molecule has 0 fully saturated rings. The Morgan fingerprint density at radius 1 is 1.28 bits per heavy atom. The lowest BCUT2D eigenvalue weighted by Gasteiger charge is -2.15. The molecule has 0 aliphatic rings. The van der Waals surface area contributed by atoms with Gasteiger partial charge >= 0.3 is 0 Å². The van der Waals surface area contributed by atoms with Crippen LogP contribution in [-0.4, -0.2) is 21.2 Å². The van der Waals surface area contributed by atoms with Gasteiger partial charge in [-0.2, -0.15) is 0 Å². The van der Waals surface area contributed by atoms with Crippen molar-refractivity contribution in [3.63, 3.8) is 0 Å². The summed E-state index contributed by atoms with van der Waals surface area (Å²) in [5, 5.41) is 4.36. The van der Waals surface area contributed by atoms with Crippen LogP contribution in [0, 0.1) is 5.82 Å². The summed E-state index contributed by atoms with van der Waals surface area (Å²) in [4.78, 5) is 29.8. The normalized spacial score (nSPS) is 12.1. The van der Waals surface area contributed by atoms with E-state index >= 15 is 0 Å².